The zero-order valence-corrected chi connectivity index (χ0v) is 12.8. The monoisotopic (exact) mass is 338 g/mol. The van der Waals surface area contributed by atoms with Crippen LogP contribution in [-0.4, -0.2) is 40.9 Å². The van der Waals surface area contributed by atoms with E-state index in [1.54, 1.807) is 12.1 Å². The lowest BCUT2D eigenvalue weighted by Crippen LogP contribution is -2.50. The van der Waals surface area contributed by atoms with E-state index < -0.39 is 24.4 Å². The van der Waals surface area contributed by atoms with Gasteiger partial charge in [0.1, 0.15) is 0 Å². The van der Waals surface area contributed by atoms with Crippen LogP contribution in [0.4, 0.5) is 23.7 Å². The number of carbonyl (C=O) groups excluding carboxylic acids is 1. The molecule has 0 unspecified atom stereocenters. The summed E-state index contributed by atoms with van der Waals surface area (Å²) >= 11 is 0. The number of urea groups is 1. The van der Waals surface area contributed by atoms with Crippen LogP contribution in [-0.2, 0) is 0 Å². The fourth-order valence-electron chi connectivity index (χ4n) is 3.11. The van der Waals surface area contributed by atoms with E-state index in [4.69, 9.17) is 0 Å². The molecule has 0 saturated carbocycles. The molecule has 2 aromatic rings. The Morgan fingerprint density at radius 1 is 1.21 bits per heavy atom. The van der Waals surface area contributed by atoms with Gasteiger partial charge in [-0.25, -0.2) is 4.79 Å². The Labute approximate surface area is 136 Å². The van der Waals surface area contributed by atoms with Gasteiger partial charge < -0.3 is 15.3 Å². The van der Waals surface area contributed by atoms with Crippen molar-refractivity contribution in [1.29, 1.82) is 0 Å². The maximum atomic E-state index is 12.8. The van der Waals surface area contributed by atoms with Crippen LogP contribution in [0.5, 0.6) is 0 Å². The molecule has 2 amide bonds. The van der Waals surface area contributed by atoms with Crippen molar-refractivity contribution in [1.82, 2.24) is 4.90 Å². The summed E-state index contributed by atoms with van der Waals surface area (Å²) in [7, 11) is 0. The predicted octanol–water partition coefficient (Wildman–Crippen LogP) is 3.76. The number of alkyl halides is 3. The van der Waals surface area contributed by atoms with Gasteiger partial charge in [-0.3, -0.25) is 0 Å². The van der Waals surface area contributed by atoms with Crippen LogP contribution in [0.25, 0.3) is 10.8 Å². The highest BCUT2D eigenvalue weighted by Gasteiger charge is 2.48. The first kappa shape index (κ1) is 16.6. The van der Waals surface area contributed by atoms with Crippen molar-refractivity contribution in [2.45, 2.75) is 31.2 Å². The minimum Gasteiger partial charge on any atom is -0.382 e. The molecule has 2 N–H and O–H groups in total. The maximum absolute atomic E-state index is 12.8. The van der Waals surface area contributed by atoms with E-state index in [1.165, 1.54) is 0 Å². The summed E-state index contributed by atoms with van der Waals surface area (Å²) in [4.78, 5) is 13.5. The molecule has 0 bridgehead atoms. The first-order valence-electron chi connectivity index (χ1n) is 7.68. The van der Waals surface area contributed by atoms with Crippen molar-refractivity contribution in [2.75, 3.05) is 11.9 Å². The molecule has 0 radical (unpaired) electrons. The number of fused-ring (bicyclic) bond motifs is 1. The van der Waals surface area contributed by atoms with Crippen LogP contribution >= 0.6 is 0 Å². The number of aliphatic hydroxyl groups is 1. The molecule has 1 fully saturated rings. The lowest BCUT2D eigenvalue weighted by Gasteiger charge is -2.30. The van der Waals surface area contributed by atoms with E-state index in [0.29, 0.717) is 12.1 Å². The van der Waals surface area contributed by atoms with Crippen LogP contribution < -0.4 is 5.32 Å². The Hall–Kier alpha value is -2.28. The third-order valence-corrected chi connectivity index (χ3v) is 4.29. The highest BCUT2D eigenvalue weighted by atomic mass is 19.4. The third-order valence-electron chi connectivity index (χ3n) is 4.29. The van der Waals surface area contributed by atoms with E-state index >= 15 is 0 Å². The van der Waals surface area contributed by atoms with Gasteiger partial charge in [-0.2, -0.15) is 13.2 Å². The third kappa shape index (κ3) is 3.17. The van der Waals surface area contributed by atoms with Crippen molar-refractivity contribution >= 4 is 22.5 Å². The molecule has 0 aliphatic carbocycles. The number of aliphatic hydroxyl groups excluding tert-OH is 1. The summed E-state index contributed by atoms with van der Waals surface area (Å²) in [5.41, 5.74) is 0.533. The molecule has 4 nitrogen and oxygen atoms in total. The van der Waals surface area contributed by atoms with Gasteiger partial charge in [0.05, 0.1) is 11.7 Å². The first-order valence-corrected chi connectivity index (χ1v) is 7.68. The number of nitrogens with one attached hydrogen (secondary N) is 1. The zero-order valence-electron chi connectivity index (χ0n) is 12.8. The Morgan fingerprint density at radius 3 is 2.67 bits per heavy atom. The van der Waals surface area contributed by atoms with E-state index in [-0.39, 0.29) is 13.0 Å². The van der Waals surface area contributed by atoms with Crippen molar-refractivity contribution < 1.29 is 23.1 Å². The molecule has 7 heteroatoms. The summed E-state index contributed by atoms with van der Waals surface area (Å²) in [6, 6.07) is 10.9. The summed E-state index contributed by atoms with van der Waals surface area (Å²) in [6.45, 7) is 0.189. The van der Waals surface area contributed by atoms with Gasteiger partial charge >= 0.3 is 12.2 Å². The Kier molecular flexibility index (Phi) is 4.36. The summed E-state index contributed by atoms with van der Waals surface area (Å²) in [5.74, 6) is 0. The molecule has 2 aromatic carbocycles. The molecule has 24 heavy (non-hydrogen) atoms. The average Bonchev–Trinajstić information content (AvgIpc) is 3.03. The minimum atomic E-state index is -4.74. The fraction of sp³-hybridized carbons (Fsp3) is 0.353. The molecular weight excluding hydrogens is 321 g/mol. The lowest BCUT2D eigenvalue weighted by atomic mass is 10.1. The number of hydrogen-bond acceptors (Lipinski definition) is 2. The number of halogens is 3. The minimum absolute atomic E-state index is 0.129. The zero-order chi connectivity index (χ0) is 17.3. The number of carbonyl (C=O) groups is 1. The van der Waals surface area contributed by atoms with Crippen LogP contribution in [0.2, 0.25) is 0 Å². The van der Waals surface area contributed by atoms with Gasteiger partial charge in [-0.05, 0) is 24.3 Å². The maximum Gasteiger partial charge on any atom is 0.416 e. The smallest absolute Gasteiger partial charge is 0.382 e. The van der Waals surface area contributed by atoms with Crippen LogP contribution in [0.15, 0.2) is 42.5 Å². The van der Waals surface area contributed by atoms with E-state index in [9.17, 15) is 23.1 Å². The molecule has 1 saturated heterocycles. The number of rotatable bonds is 2. The first-order chi connectivity index (χ1) is 11.4. The van der Waals surface area contributed by atoms with Gasteiger partial charge in [-0.15, -0.1) is 0 Å². The van der Waals surface area contributed by atoms with Crippen molar-refractivity contribution in [3.8, 4) is 0 Å². The lowest BCUT2D eigenvalue weighted by molar-refractivity contribution is -0.216. The number of benzene rings is 2. The van der Waals surface area contributed by atoms with Gasteiger partial charge in [0.25, 0.3) is 0 Å². The van der Waals surface area contributed by atoms with Gasteiger partial charge in [-0.1, -0.05) is 36.4 Å². The molecule has 2 atom stereocenters. The van der Waals surface area contributed by atoms with E-state index in [1.807, 2.05) is 30.3 Å². The largest absolute Gasteiger partial charge is 0.416 e. The molecule has 3 rings (SSSR count). The quantitative estimate of drug-likeness (QED) is 0.876. The predicted molar refractivity (Wildman–Crippen MR) is 84.8 cm³/mol. The molecule has 0 aromatic heterocycles. The Morgan fingerprint density at radius 2 is 1.92 bits per heavy atom. The number of nitrogens with zero attached hydrogens (tertiary/aromatic N) is 1. The SMILES string of the molecule is O=C(Nc1cccc2ccccc12)N1CCC[C@H]1[C@H](O)C(F)(F)F. The van der Waals surface area contributed by atoms with Crippen LogP contribution in [0, 0.1) is 0 Å². The van der Waals surface area contributed by atoms with Crippen molar-refractivity contribution in [2.24, 2.45) is 0 Å². The highest BCUT2D eigenvalue weighted by molar-refractivity contribution is 6.01. The van der Waals surface area contributed by atoms with Gasteiger partial charge in [0.15, 0.2) is 6.10 Å². The van der Waals surface area contributed by atoms with Crippen molar-refractivity contribution in [3.05, 3.63) is 42.5 Å². The standard InChI is InChI=1S/C17H17F3N2O2/c18-17(19,20)15(23)14-9-4-10-22(14)16(24)21-13-8-3-6-11-5-1-2-7-12(11)13/h1-3,5-8,14-15,23H,4,9-10H2,(H,21,24)/t14-,15-/m0/s1. The molecule has 1 aliphatic rings. The van der Waals surface area contributed by atoms with E-state index in [0.717, 1.165) is 15.7 Å². The molecular formula is C17H17F3N2O2. The number of hydrogen-bond donors (Lipinski definition) is 2. The Balaban J connectivity index is 1.81. The average molecular weight is 338 g/mol. The summed E-state index contributed by atoms with van der Waals surface area (Å²) in [6.07, 6.45) is -6.71. The second-order valence-electron chi connectivity index (χ2n) is 5.85. The normalized spacial score (nSPS) is 19.5. The molecule has 1 aliphatic heterocycles. The fourth-order valence-corrected chi connectivity index (χ4v) is 3.11. The van der Waals surface area contributed by atoms with Crippen LogP contribution in [0.3, 0.4) is 0 Å². The summed E-state index contributed by atoms with van der Waals surface area (Å²) in [5, 5.41) is 13.9. The van der Waals surface area contributed by atoms with Crippen LogP contribution in [0.1, 0.15) is 12.8 Å². The van der Waals surface area contributed by atoms with Crippen molar-refractivity contribution in [3.63, 3.8) is 0 Å². The number of anilines is 1. The highest BCUT2D eigenvalue weighted by Crippen LogP contribution is 2.31. The van der Waals surface area contributed by atoms with Gasteiger partial charge in [0, 0.05) is 11.9 Å². The Bertz CT molecular complexity index is 743. The number of amides is 2. The second-order valence-corrected chi connectivity index (χ2v) is 5.85. The number of likely N-dealkylation sites (tertiary alicyclic amines) is 1. The topological polar surface area (TPSA) is 52.6 Å². The molecule has 1 heterocycles. The summed E-state index contributed by atoms with van der Waals surface area (Å²) < 4.78 is 38.3. The molecule has 0 spiro atoms. The van der Waals surface area contributed by atoms with E-state index in [2.05, 4.69) is 5.32 Å². The second kappa shape index (κ2) is 6.32. The van der Waals surface area contributed by atoms with Gasteiger partial charge in [0.2, 0.25) is 0 Å². The molecule has 128 valence electrons.